The van der Waals surface area contributed by atoms with Gasteiger partial charge in [-0.2, -0.15) is 0 Å². The molecule has 1 nitrogen and oxygen atoms in total. The van der Waals surface area contributed by atoms with Gasteiger partial charge < -0.3 is 5.32 Å². The van der Waals surface area contributed by atoms with Gasteiger partial charge in [-0.25, -0.2) is 0 Å². The Kier molecular flexibility index (Phi) is 5.14. The van der Waals surface area contributed by atoms with Crippen LogP contribution in [0.15, 0.2) is 12.7 Å². The van der Waals surface area contributed by atoms with E-state index in [1.54, 1.807) is 0 Å². The molecule has 0 radical (unpaired) electrons. The van der Waals surface area contributed by atoms with Crippen molar-refractivity contribution in [2.75, 3.05) is 6.54 Å². The highest BCUT2D eigenvalue weighted by Crippen LogP contribution is 2.25. The zero-order valence-corrected chi connectivity index (χ0v) is 8.89. The predicted octanol–water partition coefficient (Wildman–Crippen LogP) is 3.12. The summed E-state index contributed by atoms with van der Waals surface area (Å²) < 4.78 is 0. The van der Waals surface area contributed by atoms with Crippen LogP contribution in [0.25, 0.3) is 0 Å². The molecule has 0 spiro atoms. The summed E-state index contributed by atoms with van der Waals surface area (Å²) in [6.07, 6.45) is 10.6. The molecule has 0 aromatic heterocycles. The Balaban J connectivity index is 2.25. The number of hydrogen-bond acceptors (Lipinski definition) is 1. The molecule has 1 N–H and O–H groups in total. The van der Waals surface area contributed by atoms with Crippen molar-refractivity contribution in [3.05, 3.63) is 12.7 Å². The van der Waals surface area contributed by atoms with E-state index < -0.39 is 0 Å². The summed E-state index contributed by atoms with van der Waals surface area (Å²) in [5.41, 5.74) is 0. The third-order valence-electron chi connectivity index (χ3n) is 3.19. The summed E-state index contributed by atoms with van der Waals surface area (Å²) in [5.74, 6) is 0.905. The van der Waals surface area contributed by atoms with Crippen LogP contribution >= 0.6 is 0 Å². The van der Waals surface area contributed by atoms with E-state index in [9.17, 15) is 0 Å². The quantitative estimate of drug-likeness (QED) is 0.519. The van der Waals surface area contributed by atoms with Gasteiger partial charge in [0.05, 0.1) is 0 Å². The lowest BCUT2D eigenvalue weighted by atomic mass is 9.93. The second-order valence-corrected chi connectivity index (χ2v) is 4.24. The highest BCUT2D eigenvalue weighted by atomic mass is 14.9. The minimum absolute atomic E-state index is 0.677. The molecule has 0 unspecified atom stereocenters. The zero-order valence-electron chi connectivity index (χ0n) is 8.89. The lowest BCUT2D eigenvalue weighted by Gasteiger charge is -2.22. The summed E-state index contributed by atoms with van der Waals surface area (Å²) in [6.45, 7) is 7.01. The van der Waals surface area contributed by atoms with E-state index in [0.29, 0.717) is 6.04 Å². The van der Waals surface area contributed by atoms with Crippen molar-refractivity contribution in [1.29, 1.82) is 0 Å². The molecule has 0 bridgehead atoms. The predicted molar refractivity (Wildman–Crippen MR) is 58.9 cm³/mol. The third-order valence-corrected chi connectivity index (χ3v) is 3.19. The van der Waals surface area contributed by atoms with Crippen LogP contribution in [0.5, 0.6) is 0 Å². The molecule has 1 rings (SSSR count). The molecule has 1 saturated carbocycles. The van der Waals surface area contributed by atoms with Gasteiger partial charge in [0.2, 0.25) is 0 Å². The van der Waals surface area contributed by atoms with Crippen LogP contribution in [0.2, 0.25) is 0 Å². The monoisotopic (exact) mass is 181 g/mol. The average Bonchev–Trinajstić information content (AvgIpc) is 2.42. The van der Waals surface area contributed by atoms with Gasteiger partial charge in [0.25, 0.3) is 0 Å². The maximum absolute atomic E-state index is 3.73. The maximum atomic E-state index is 3.73. The van der Waals surface area contributed by atoms with Crippen molar-refractivity contribution in [3.63, 3.8) is 0 Å². The third kappa shape index (κ3) is 3.95. The van der Waals surface area contributed by atoms with Gasteiger partial charge in [-0.15, -0.1) is 6.58 Å². The normalized spacial score (nSPS) is 22.2. The Morgan fingerprint density at radius 3 is 2.46 bits per heavy atom. The molecule has 1 aliphatic rings. The van der Waals surface area contributed by atoms with E-state index in [1.165, 1.54) is 38.5 Å². The molecule has 0 aliphatic heterocycles. The molecule has 1 heteroatoms. The first-order valence-electron chi connectivity index (χ1n) is 5.69. The first-order chi connectivity index (χ1) is 6.34. The summed E-state index contributed by atoms with van der Waals surface area (Å²) in [5, 5.41) is 3.51. The maximum Gasteiger partial charge on any atom is 0.0134 e. The first kappa shape index (κ1) is 10.8. The van der Waals surface area contributed by atoms with Gasteiger partial charge in [0.15, 0.2) is 0 Å². The Labute approximate surface area is 82.6 Å². The summed E-state index contributed by atoms with van der Waals surface area (Å²) >= 11 is 0. The molecule has 13 heavy (non-hydrogen) atoms. The second kappa shape index (κ2) is 6.20. The van der Waals surface area contributed by atoms with Crippen LogP contribution in [0.4, 0.5) is 0 Å². The van der Waals surface area contributed by atoms with Gasteiger partial charge in [-0.3, -0.25) is 0 Å². The topological polar surface area (TPSA) is 12.0 Å². The zero-order chi connectivity index (χ0) is 9.52. The molecular weight excluding hydrogens is 158 g/mol. The second-order valence-electron chi connectivity index (χ2n) is 4.24. The van der Waals surface area contributed by atoms with Crippen molar-refractivity contribution in [1.82, 2.24) is 5.32 Å². The van der Waals surface area contributed by atoms with E-state index in [4.69, 9.17) is 0 Å². The minimum atomic E-state index is 0.677. The highest BCUT2D eigenvalue weighted by molar-refractivity contribution is 4.78. The van der Waals surface area contributed by atoms with E-state index in [0.717, 1.165) is 12.5 Å². The number of hydrogen-bond donors (Lipinski definition) is 1. The first-order valence-corrected chi connectivity index (χ1v) is 5.69. The molecule has 0 saturated heterocycles. The van der Waals surface area contributed by atoms with E-state index in [-0.39, 0.29) is 0 Å². The average molecular weight is 181 g/mol. The van der Waals surface area contributed by atoms with E-state index in [2.05, 4.69) is 18.8 Å². The minimum Gasteiger partial charge on any atom is -0.311 e. The van der Waals surface area contributed by atoms with Crippen LogP contribution in [-0.2, 0) is 0 Å². The fourth-order valence-electron chi connectivity index (χ4n) is 2.25. The fraction of sp³-hybridized carbons (Fsp3) is 0.833. The van der Waals surface area contributed by atoms with Crippen LogP contribution < -0.4 is 5.32 Å². The fourth-order valence-corrected chi connectivity index (χ4v) is 2.25. The van der Waals surface area contributed by atoms with Gasteiger partial charge in [0.1, 0.15) is 0 Å². The Bertz CT molecular complexity index is 134. The van der Waals surface area contributed by atoms with Crippen molar-refractivity contribution >= 4 is 0 Å². The van der Waals surface area contributed by atoms with Gasteiger partial charge >= 0.3 is 0 Å². The molecule has 1 atom stereocenters. The molecular formula is C12H23N. The summed E-state index contributed by atoms with van der Waals surface area (Å²) in [7, 11) is 0. The number of nitrogens with one attached hydrogen (secondary N) is 1. The molecule has 76 valence electrons. The van der Waals surface area contributed by atoms with E-state index >= 15 is 0 Å². The van der Waals surface area contributed by atoms with Gasteiger partial charge in [-0.05, 0) is 25.7 Å². The van der Waals surface area contributed by atoms with Crippen molar-refractivity contribution in [2.24, 2.45) is 5.92 Å². The lowest BCUT2D eigenvalue weighted by Crippen LogP contribution is -2.33. The lowest BCUT2D eigenvalue weighted by molar-refractivity contribution is 0.347. The molecule has 0 amide bonds. The molecule has 0 aromatic carbocycles. The Morgan fingerprint density at radius 1 is 1.31 bits per heavy atom. The van der Waals surface area contributed by atoms with Gasteiger partial charge in [0, 0.05) is 12.6 Å². The summed E-state index contributed by atoms with van der Waals surface area (Å²) in [6, 6.07) is 0.677. The Hall–Kier alpha value is -0.300. The van der Waals surface area contributed by atoms with Crippen LogP contribution in [0.1, 0.15) is 45.4 Å². The van der Waals surface area contributed by atoms with Gasteiger partial charge in [-0.1, -0.05) is 31.8 Å². The summed E-state index contributed by atoms with van der Waals surface area (Å²) in [4.78, 5) is 0. The van der Waals surface area contributed by atoms with Crippen LogP contribution in [-0.4, -0.2) is 12.6 Å². The smallest absolute Gasteiger partial charge is 0.0134 e. The molecule has 0 aromatic rings. The molecule has 1 aliphatic carbocycles. The van der Waals surface area contributed by atoms with Crippen molar-refractivity contribution < 1.29 is 0 Å². The molecule has 1 fully saturated rings. The largest absolute Gasteiger partial charge is 0.311 e. The van der Waals surface area contributed by atoms with Crippen molar-refractivity contribution in [3.8, 4) is 0 Å². The number of rotatable bonds is 4. The molecule has 0 heterocycles. The van der Waals surface area contributed by atoms with Crippen LogP contribution in [0, 0.1) is 5.92 Å². The standard InChI is InChI=1S/C12H23N/c1-3-10-13-11(2)12-8-6-4-5-7-9-12/h3,11-13H,1,4-10H2,2H3/t11-/m1/s1. The van der Waals surface area contributed by atoms with E-state index in [1.807, 2.05) is 6.08 Å². The SMILES string of the molecule is C=CCN[C@H](C)C1CCCCCC1. The highest BCUT2D eigenvalue weighted by Gasteiger charge is 2.17. The van der Waals surface area contributed by atoms with Crippen LogP contribution in [0.3, 0.4) is 0 Å². The van der Waals surface area contributed by atoms with Crippen molar-refractivity contribution in [2.45, 2.75) is 51.5 Å². The Morgan fingerprint density at radius 2 is 1.92 bits per heavy atom.